The van der Waals surface area contributed by atoms with Crippen molar-refractivity contribution in [3.8, 4) is 5.75 Å². The molecule has 0 fully saturated rings. The summed E-state index contributed by atoms with van der Waals surface area (Å²) in [6.07, 6.45) is 2.36. The van der Waals surface area contributed by atoms with Gasteiger partial charge in [-0.15, -0.1) is 0 Å². The molecule has 0 saturated heterocycles. The zero-order valence-electron chi connectivity index (χ0n) is 20.2. The highest BCUT2D eigenvalue weighted by atomic mass is 16.5. The van der Waals surface area contributed by atoms with Crippen LogP contribution in [-0.2, 0) is 32.5 Å². The van der Waals surface area contributed by atoms with Gasteiger partial charge < -0.3 is 4.74 Å². The molecular formula is C32H28N2O2. The van der Waals surface area contributed by atoms with Gasteiger partial charge >= 0.3 is 0 Å². The Morgan fingerprint density at radius 3 is 2.36 bits per heavy atom. The maximum absolute atomic E-state index is 13.1. The van der Waals surface area contributed by atoms with Crippen molar-refractivity contribution < 1.29 is 9.53 Å². The number of aryl methyl sites for hydroxylation is 1. The first-order valence-electron chi connectivity index (χ1n) is 12.8. The average molecular weight is 473 g/mol. The van der Waals surface area contributed by atoms with Gasteiger partial charge in [0.2, 0.25) is 5.91 Å². The number of rotatable bonds is 5. The van der Waals surface area contributed by atoms with E-state index in [1.54, 1.807) is 0 Å². The van der Waals surface area contributed by atoms with Crippen LogP contribution in [0, 0.1) is 0 Å². The molecule has 2 aliphatic heterocycles. The van der Waals surface area contributed by atoms with Gasteiger partial charge in [0, 0.05) is 36.8 Å². The second-order valence-corrected chi connectivity index (χ2v) is 10.0. The summed E-state index contributed by atoms with van der Waals surface area (Å²) in [5.74, 6) is 1.04. The molecule has 1 aromatic heterocycles. The molecule has 0 spiro atoms. The van der Waals surface area contributed by atoms with E-state index >= 15 is 0 Å². The van der Waals surface area contributed by atoms with Gasteiger partial charge in [-0.25, -0.2) is 0 Å². The molecule has 0 bridgehead atoms. The maximum Gasteiger partial charge on any atom is 0.231 e. The number of fused-ring (bicyclic) bond motifs is 5. The summed E-state index contributed by atoms with van der Waals surface area (Å²) in [6.45, 7) is 3.45. The Morgan fingerprint density at radius 2 is 1.56 bits per heavy atom. The fourth-order valence-electron chi connectivity index (χ4n) is 6.03. The van der Waals surface area contributed by atoms with E-state index in [1.165, 1.54) is 27.6 Å². The Bertz CT molecular complexity index is 1600. The van der Waals surface area contributed by atoms with Crippen LogP contribution in [0.3, 0.4) is 0 Å². The molecule has 4 nitrogen and oxygen atoms in total. The third-order valence-electron chi connectivity index (χ3n) is 7.71. The van der Waals surface area contributed by atoms with Crippen LogP contribution < -0.4 is 4.74 Å². The Kier molecular flexibility index (Phi) is 5.14. The molecule has 4 aromatic carbocycles. The lowest BCUT2D eigenvalue weighted by molar-refractivity contribution is 0.0908. The van der Waals surface area contributed by atoms with E-state index in [0.717, 1.165) is 60.2 Å². The van der Waals surface area contributed by atoms with Crippen molar-refractivity contribution in [2.45, 2.75) is 39.0 Å². The van der Waals surface area contributed by atoms with Gasteiger partial charge in [-0.2, -0.15) is 0 Å². The molecule has 5 aromatic rings. The fraction of sp³-hybridized carbons (Fsp3) is 0.219. The van der Waals surface area contributed by atoms with Crippen molar-refractivity contribution >= 4 is 27.7 Å². The quantitative estimate of drug-likeness (QED) is 0.292. The standard InChI is InChI=1S/C32H28N2O2/c35-30-14-11-24-17-25-20-33(19-22-7-3-1-4-8-22)16-15-27(25)31-28-18-26(12-13-29(28)34(30)32(24)31)36-21-23-9-5-2-6-10-23/h1-10,12-13,17-18H,11,14-16,19-21H2. The summed E-state index contributed by atoms with van der Waals surface area (Å²) in [5.41, 5.74) is 8.73. The minimum atomic E-state index is 0.196. The first kappa shape index (κ1) is 21.4. The van der Waals surface area contributed by atoms with Crippen LogP contribution in [0.5, 0.6) is 5.75 Å². The largest absolute Gasteiger partial charge is 0.489 e. The number of hydrogen-bond acceptors (Lipinski definition) is 3. The molecule has 2 aliphatic rings. The van der Waals surface area contributed by atoms with Gasteiger partial charge in [0.15, 0.2) is 0 Å². The van der Waals surface area contributed by atoms with Gasteiger partial charge in [-0.1, -0.05) is 66.7 Å². The zero-order chi connectivity index (χ0) is 24.1. The molecule has 178 valence electrons. The SMILES string of the molecule is O=C1CCc2cc3c(c4c5cc(OCc6ccccc6)ccc5n1c24)CCN(Cc1ccccc1)C3. The topological polar surface area (TPSA) is 34.5 Å². The van der Waals surface area contributed by atoms with E-state index in [0.29, 0.717) is 13.0 Å². The predicted molar refractivity (Wildman–Crippen MR) is 143 cm³/mol. The van der Waals surface area contributed by atoms with Crippen LogP contribution in [0.1, 0.15) is 39.0 Å². The number of carbonyl (C=O) groups is 1. The highest BCUT2D eigenvalue weighted by Gasteiger charge is 2.29. The first-order valence-corrected chi connectivity index (χ1v) is 12.8. The Hall–Kier alpha value is -3.89. The summed E-state index contributed by atoms with van der Waals surface area (Å²) >= 11 is 0. The molecule has 0 N–H and O–H groups in total. The molecule has 0 radical (unpaired) electrons. The predicted octanol–water partition coefficient (Wildman–Crippen LogP) is 6.52. The van der Waals surface area contributed by atoms with E-state index in [9.17, 15) is 4.79 Å². The van der Waals surface area contributed by atoms with Crippen molar-refractivity contribution in [1.29, 1.82) is 0 Å². The van der Waals surface area contributed by atoms with Crippen LogP contribution in [0.2, 0.25) is 0 Å². The number of aromatic nitrogens is 1. The van der Waals surface area contributed by atoms with Crippen LogP contribution in [0.4, 0.5) is 0 Å². The van der Waals surface area contributed by atoms with E-state index in [1.807, 2.05) is 28.8 Å². The van der Waals surface area contributed by atoms with E-state index in [-0.39, 0.29) is 5.91 Å². The molecule has 0 aliphatic carbocycles. The minimum Gasteiger partial charge on any atom is -0.489 e. The maximum atomic E-state index is 13.1. The highest BCUT2D eigenvalue weighted by Crippen LogP contribution is 2.41. The third-order valence-corrected chi connectivity index (χ3v) is 7.71. The molecule has 4 heteroatoms. The summed E-state index contributed by atoms with van der Waals surface area (Å²) < 4.78 is 8.16. The molecule has 0 atom stereocenters. The minimum absolute atomic E-state index is 0.196. The van der Waals surface area contributed by atoms with Crippen molar-refractivity contribution in [2.75, 3.05) is 6.54 Å². The number of benzene rings is 4. The first-order chi connectivity index (χ1) is 17.7. The second kappa shape index (κ2) is 8.65. The summed E-state index contributed by atoms with van der Waals surface area (Å²) in [7, 11) is 0. The number of nitrogens with zero attached hydrogens (tertiary/aromatic N) is 2. The van der Waals surface area contributed by atoms with E-state index in [2.05, 4.69) is 65.6 Å². The van der Waals surface area contributed by atoms with Crippen molar-refractivity contribution in [3.63, 3.8) is 0 Å². The molecule has 0 unspecified atom stereocenters. The fourth-order valence-corrected chi connectivity index (χ4v) is 6.03. The highest BCUT2D eigenvalue weighted by molar-refractivity contribution is 6.17. The van der Waals surface area contributed by atoms with Gasteiger partial charge in [-0.05, 0) is 58.9 Å². The van der Waals surface area contributed by atoms with Gasteiger partial charge in [-0.3, -0.25) is 14.3 Å². The van der Waals surface area contributed by atoms with Crippen molar-refractivity contribution in [1.82, 2.24) is 9.47 Å². The van der Waals surface area contributed by atoms with Crippen molar-refractivity contribution in [3.05, 3.63) is 113 Å². The third kappa shape index (κ3) is 3.61. The molecule has 36 heavy (non-hydrogen) atoms. The van der Waals surface area contributed by atoms with Crippen molar-refractivity contribution in [2.24, 2.45) is 0 Å². The van der Waals surface area contributed by atoms with Crippen LogP contribution in [-0.4, -0.2) is 21.9 Å². The Labute approximate surface area is 210 Å². The Morgan fingerprint density at radius 1 is 0.778 bits per heavy atom. The Balaban J connectivity index is 1.31. The number of hydrogen-bond donors (Lipinski definition) is 0. The van der Waals surface area contributed by atoms with Crippen LogP contribution in [0.25, 0.3) is 21.8 Å². The normalized spacial score (nSPS) is 15.4. The molecular weight excluding hydrogens is 444 g/mol. The van der Waals surface area contributed by atoms with Gasteiger partial charge in [0.05, 0.1) is 11.0 Å². The monoisotopic (exact) mass is 472 g/mol. The summed E-state index contributed by atoms with van der Waals surface area (Å²) in [4.78, 5) is 15.6. The lowest BCUT2D eigenvalue weighted by Crippen LogP contribution is -2.30. The van der Waals surface area contributed by atoms with Crippen LogP contribution in [0.15, 0.2) is 84.9 Å². The van der Waals surface area contributed by atoms with Crippen LogP contribution >= 0.6 is 0 Å². The molecule has 0 saturated carbocycles. The second-order valence-electron chi connectivity index (χ2n) is 10.0. The van der Waals surface area contributed by atoms with Gasteiger partial charge in [0.1, 0.15) is 12.4 Å². The molecule has 0 amide bonds. The summed E-state index contributed by atoms with van der Waals surface area (Å²) in [5, 5.41) is 2.40. The lowest BCUT2D eigenvalue weighted by Gasteiger charge is -2.30. The molecule has 7 rings (SSSR count). The smallest absolute Gasteiger partial charge is 0.231 e. The number of carbonyl (C=O) groups excluding carboxylic acids is 1. The lowest BCUT2D eigenvalue weighted by atomic mass is 9.90. The van der Waals surface area contributed by atoms with Gasteiger partial charge in [0.25, 0.3) is 0 Å². The summed E-state index contributed by atoms with van der Waals surface area (Å²) in [6, 6.07) is 29.6. The van der Waals surface area contributed by atoms with E-state index in [4.69, 9.17) is 4.74 Å². The molecule has 3 heterocycles. The number of ether oxygens (including phenoxy) is 1. The average Bonchev–Trinajstić information content (AvgIpc) is 3.27. The van der Waals surface area contributed by atoms with E-state index < -0.39 is 0 Å². The zero-order valence-corrected chi connectivity index (χ0v) is 20.2.